The zero-order chi connectivity index (χ0) is 10.9. The van der Waals surface area contributed by atoms with Crippen LogP contribution in [0.2, 0.25) is 0 Å². The summed E-state index contributed by atoms with van der Waals surface area (Å²) < 4.78 is -1.63. The first kappa shape index (κ1) is 11.8. The predicted octanol–water partition coefficient (Wildman–Crippen LogP) is 2.21. The van der Waals surface area contributed by atoms with Gasteiger partial charge >= 0.3 is 0 Å². The number of hydrogen-bond acceptors (Lipinski definition) is 4. The lowest BCUT2D eigenvalue weighted by atomic mass is 10.2. The quantitative estimate of drug-likeness (QED) is 0.459. The van der Waals surface area contributed by atoms with Gasteiger partial charge in [0.1, 0.15) is 5.82 Å². The van der Waals surface area contributed by atoms with Gasteiger partial charge in [0.05, 0.1) is 0 Å². The van der Waals surface area contributed by atoms with E-state index in [1.807, 2.05) is 6.92 Å². The molecule has 0 aliphatic heterocycles. The van der Waals surface area contributed by atoms with Crippen LogP contribution in [0.25, 0.3) is 0 Å². The summed E-state index contributed by atoms with van der Waals surface area (Å²) in [5, 5.41) is 0. The Hall–Kier alpha value is -0.290. The van der Waals surface area contributed by atoms with Gasteiger partial charge in [-0.25, -0.2) is 15.8 Å². The van der Waals surface area contributed by atoms with E-state index in [0.29, 0.717) is 11.5 Å². The smallest absolute Gasteiger partial charge is 0.250 e. The summed E-state index contributed by atoms with van der Waals surface area (Å²) >= 11 is 16.9. The molecule has 0 aliphatic rings. The van der Waals surface area contributed by atoms with Crippen molar-refractivity contribution in [3.8, 4) is 0 Å². The molecule has 3 N–H and O–H groups in total. The fourth-order valence-corrected chi connectivity index (χ4v) is 1.15. The Morgan fingerprint density at radius 2 is 1.79 bits per heavy atom. The molecule has 1 aromatic rings. The summed E-state index contributed by atoms with van der Waals surface area (Å²) in [6, 6.07) is 0. The minimum Gasteiger partial charge on any atom is -0.308 e. The molecule has 0 amide bonds. The highest BCUT2D eigenvalue weighted by Gasteiger charge is 2.27. The average molecular weight is 256 g/mol. The second-order valence-corrected chi connectivity index (χ2v) is 5.03. The van der Waals surface area contributed by atoms with Crippen LogP contribution in [-0.4, -0.2) is 9.97 Å². The third-order valence-electron chi connectivity index (χ3n) is 1.78. The monoisotopic (exact) mass is 254 g/mol. The lowest BCUT2D eigenvalue weighted by Gasteiger charge is -2.13. The number of nitrogens with one attached hydrogen (secondary N) is 1. The van der Waals surface area contributed by atoms with Gasteiger partial charge in [0.15, 0.2) is 5.82 Å². The molecule has 0 saturated carbocycles. The van der Waals surface area contributed by atoms with Crippen LogP contribution < -0.4 is 11.3 Å². The Morgan fingerprint density at radius 1 is 1.21 bits per heavy atom. The topological polar surface area (TPSA) is 63.8 Å². The minimum atomic E-state index is -1.63. The summed E-state index contributed by atoms with van der Waals surface area (Å²) in [5.74, 6) is 5.83. The van der Waals surface area contributed by atoms with Crippen molar-refractivity contribution in [2.75, 3.05) is 5.43 Å². The van der Waals surface area contributed by atoms with Crippen molar-refractivity contribution in [3.63, 3.8) is 0 Å². The summed E-state index contributed by atoms with van der Waals surface area (Å²) in [6.45, 7) is 3.62. The van der Waals surface area contributed by atoms with Crippen molar-refractivity contribution in [2.45, 2.75) is 17.6 Å². The Balaban J connectivity index is 3.30. The van der Waals surface area contributed by atoms with Gasteiger partial charge in [-0.15, -0.1) is 0 Å². The fraction of sp³-hybridized carbons (Fsp3) is 0.429. The van der Waals surface area contributed by atoms with Crippen LogP contribution in [-0.2, 0) is 3.79 Å². The molecule has 0 atom stereocenters. The van der Waals surface area contributed by atoms with Gasteiger partial charge in [-0.05, 0) is 13.8 Å². The average Bonchev–Trinajstić information content (AvgIpc) is 2.07. The number of alkyl halides is 3. The van der Waals surface area contributed by atoms with Crippen molar-refractivity contribution in [1.82, 2.24) is 9.97 Å². The Kier molecular flexibility index (Phi) is 3.42. The Morgan fingerprint density at radius 3 is 2.21 bits per heavy atom. The second kappa shape index (κ2) is 4.06. The predicted molar refractivity (Wildman–Crippen MR) is 58.6 cm³/mol. The Labute approximate surface area is 96.7 Å². The van der Waals surface area contributed by atoms with Gasteiger partial charge in [0.25, 0.3) is 0 Å². The summed E-state index contributed by atoms with van der Waals surface area (Å²) in [6.07, 6.45) is 0. The van der Waals surface area contributed by atoms with Crippen molar-refractivity contribution in [3.05, 3.63) is 17.1 Å². The first-order valence-electron chi connectivity index (χ1n) is 3.75. The molecule has 0 aromatic carbocycles. The van der Waals surface area contributed by atoms with Crippen LogP contribution in [0.15, 0.2) is 0 Å². The number of nitrogen functional groups attached to an aromatic ring is 1. The number of rotatable bonds is 1. The number of hydrazine groups is 1. The number of aromatic nitrogens is 2. The van der Waals surface area contributed by atoms with E-state index in [1.165, 1.54) is 0 Å². The van der Waals surface area contributed by atoms with E-state index >= 15 is 0 Å². The van der Waals surface area contributed by atoms with Crippen LogP contribution in [0, 0.1) is 13.8 Å². The number of nitrogens with zero attached hydrogens (tertiary/aromatic N) is 2. The molecule has 14 heavy (non-hydrogen) atoms. The van der Waals surface area contributed by atoms with Crippen molar-refractivity contribution in [2.24, 2.45) is 5.84 Å². The van der Waals surface area contributed by atoms with Crippen LogP contribution in [0.1, 0.15) is 17.1 Å². The van der Waals surface area contributed by atoms with E-state index in [1.54, 1.807) is 6.92 Å². The maximum Gasteiger partial charge on any atom is 0.250 e. The summed E-state index contributed by atoms with van der Waals surface area (Å²) in [5.41, 5.74) is 3.96. The molecular formula is C7H9Cl3N4. The third kappa shape index (κ3) is 2.39. The van der Waals surface area contributed by atoms with Gasteiger partial charge in [0.2, 0.25) is 3.79 Å². The first-order valence-corrected chi connectivity index (χ1v) is 4.88. The molecule has 1 aromatic heterocycles. The molecular weight excluding hydrogens is 246 g/mol. The molecule has 0 spiro atoms. The van der Waals surface area contributed by atoms with Crippen LogP contribution in [0.5, 0.6) is 0 Å². The van der Waals surface area contributed by atoms with Crippen molar-refractivity contribution in [1.29, 1.82) is 0 Å². The molecule has 0 unspecified atom stereocenters. The van der Waals surface area contributed by atoms with Crippen LogP contribution >= 0.6 is 34.8 Å². The fourth-order valence-electron chi connectivity index (χ4n) is 0.896. The normalized spacial score (nSPS) is 11.6. The number of halogens is 3. The molecule has 0 fully saturated rings. The number of nitrogens with two attached hydrogens (primary N) is 1. The number of hydrogen-bond donors (Lipinski definition) is 2. The van der Waals surface area contributed by atoms with E-state index in [0.717, 1.165) is 5.56 Å². The Bertz CT molecular complexity index is 348. The number of anilines is 1. The first-order chi connectivity index (χ1) is 6.36. The van der Waals surface area contributed by atoms with Gasteiger partial charge in [-0.1, -0.05) is 34.8 Å². The van der Waals surface area contributed by atoms with Crippen LogP contribution in [0.3, 0.4) is 0 Å². The van der Waals surface area contributed by atoms with E-state index in [4.69, 9.17) is 40.6 Å². The molecule has 0 radical (unpaired) electrons. The molecule has 4 nitrogen and oxygen atoms in total. The molecule has 0 bridgehead atoms. The van der Waals surface area contributed by atoms with Gasteiger partial charge in [0, 0.05) is 11.3 Å². The maximum absolute atomic E-state index is 5.65. The molecule has 1 rings (SSSR count). The maximum atomic E-state index is 5.65. The molecule has 78 valence electrons. The summed E-state index contributed by atoms with van der Waals surface area (Å²) in [7, 11) is 0. The van der Waals surface area contributed by atoms with Gasteiger partial charge in [-0.2, -0.15) is 0 Å². The van der Waals surface area contributed by atoms with Gasteiger partial charge < -0.3 is 5.43 Å². The molecule has 0 saturated heterocycles. The van der Waals surface area contributed by atoms with E-state index in [2.05, 4.69) is 15.4 Å². The van der Waals surface area contributed by atoms with Crippen molar-refractivity contribution >= 4 is 40.6 Å². The molecule has 1 heterocycles. The number of aryl methyl sites for hydroxylation is 1. The zero-order valence-electron chi connectivity index (χ0n) is 7.61. The second-order valence-electron chi connectivity index (χ2n) is 2.75. The summed E-state index contributed by atoms with van der Waals surface area (Å²) in [4.78, 5) is 8.03. The highest BCUT2D eigenvalue weighted by atomic mass is 35.6. The van der Waals surface area contributed by atoms with Crippen molar-refractivity contribution < 1.29 is 0 Å². The van der Waals surface area contributed by atoms with Crippen LogP contribution in [0.4, 0.5) is 5.82 Å². The largest absolute Gasteiger partial charge is 0.308 e. The van der Waals surface area contributed by atoms with E-state index in [-0.39, 0.29) is 5.82 Å². The third-order valence-corrected chi connectivity index (χ3v) is 2.29. The highest BCUT2D eigenvalue weighted by molar-refractivity contribution is 6.66. The SMILES string of the molecule is Cc1nc(C(Cl)(Cl)Cl)nc(NN)c1C. The molecule has 7 heteroatoms. The highest BCUT2D eigenvalue weighted by Crippen LogP contribution is 2.36. The lowest BCUT2D eigenvalue weighted by Crippen LogP contribution is -2.16. The lowest BCUT2D eigenvalue weighted by molar-refractivity contribution is 0.924. The van der Waals surface area contributed by atoms with E-state index in [9.17, 15) is 0 Å². The molecule has 0 aliphatic carbocycles. The zero-order valence-corrected chi connectivity index (χ0v) is 9.87. The van der Waals surface area contributed by atoms with Gasteiger partial charge in [-0.3, -0.25) is 0 Å². The minimum absolute atomic E-state index is 0.110. The standard InChI is InChI=1S/C7H9Cl3N4/c1-3-4(2)12-6(7(8,9)10)13-5(3)14-11/h11H2,1-2H3,(H,12,13,14). The van der Waals surface area contributed by atoms with E-state index < -0.39 is 3.79 Å².